The van der Waals surface area contributed by atoms with Gasteiger partial charge in [-0.2, -0.15) is 0 Å². The average molecular weight is 285 g/mol. The second kappa shape index (κ2) is 6.42. The molecule has 0 aliphatic carbocycles. The van der Waals surface area contributed by atoms with Crippen LogP contribution in [-0.4, -0.2) is 22.1 Å². The predicted octanol–water partition coefficient (Wildman–Crippen LogP) is 1.93. The molecule has 0 saturated carbocycles. The summed E-state index contributed by atoms with van der Waals surface area (Å²) in [6.45, 7) is 0. The lowest BCUT2D eigenvalue weighted by Gasteiger charge is -2.07. The highest BCUT2D eigenvalue weighted by Crippen LogP contribution is 2.18. The van der Waals surface area contributed by atoms with Crippen LogP contribution in [0, 0.1) is 0 Å². The molecule has 0 bridgehead atoms. The van der Waals surface area contributed by atoms with Gasteiger partial charge < -0.3 is 21.4 Å². The second-order valence-electron chi connectivity index (χ2n) is 4.44. The van der Waals surface area contributed by atoms with Crippen molar-refractivity contribution in [2.24, 2.45) is 10.9 Å². The van der Waals surface area contributed by atoms with Crippen molar-refractivity contribution < 1.29 is 15.1 Å². The van der Waals surface area contributed by atoms with Crippen LogP contribution in [0.15, 0.2) is 53.7 Å². The van der Waals surface area contributed by atoms with E-state index in [1.54, 1.807) is 36.4 Å². The third kappa shape index (κ3) is 3.73. The first-order valence-corrected chi connectivity index (χ1v) is 6.25. The zero-order chi connectivity index (χ0) is 15.2. The fourth-order valence-electron chi connectivity index (χ4n) is 1.81. The van der Waals surface area contributed by atoms with Crippen LogP contribution in [0.5, 0.6) is 5.75 Å². The maximum Gasteiger partial charge on any atom is 0.259 e. The maximum absolute atomic E-state index is 12.0. The number of para-hydroxylation sites is 1. The number of carbonyl (C=O) groups is 1. The summed E-state index contributed by atoms with van der Waals surface area (Å²) in [7, 11) is 0. The van der Waals surface area contributed by atoms with Crippen molar-refractivity contribution in [1.82, 2.24) is 0 Å². The second-order valence-corrected chi connectivity index (χ2v) is 4.44. The SMILES string of the molecule is NC(Cc1ccc(NC(=O)c2ccccc2O)cc1)=NO. The number of hydrogen-bond acceptors (Lipinski definition) is 4. The molecule has 0 aliphatic heterocycles. The Balaban J connectivity index is 2.07. The number of nitrogens with one attached hydrogen (secondary N) is 1. The van der Waals surface area contributed by atoms with Crippen molar-refractivity contribution in [2.75, 3.05) is 5.32 Å². The van der Waals surface area contributed by atoms with E-state index in [2.05, 4.69) is 10.5 Å². The summed E-state index contributed by atoms with van der Waals surface area (Å²) in [6, 6.07) is 13.3. The van der Waals surface area contributed by atoms with Gasteiger partial charge in [0.05, 0.1) is 5.56 Å². The van der Waals surface area contributed by atoms with E-state index in [1.165, 1.54) is 12.1 Å². The van der Waals surface area contributed by atoms with Crippen LogP contribution < -0.4 is 11.1 Å². The molecule has 0 aliphatic rings. The van der Waals surface area contributed by atoms with Gasteiger partial charge in [-0.1, -0.05) is 29.4 Å². The summed E-state index contributed by atoms with van der Waals surface area (Å²) in [5.74, 6) is -0.350. The van der Waals surface area contributed by atoms with Crippen molar-refractivity contribution >= 4 is 17.4 Å². The van der Waals surface area contributed by atoms with Crippen LogP contribution >= 0.6 is 0 Å². The van der Waals surface area contributed by atoms with Gasteiger partial charge in [0.2, 0.25) is 0 Å². The fourth-order valence-corrected chi connectivity index (χ4v) is 1.81. The Kier molecular flexibility index (Phi) is 4.40. The molecule has 6 nitrogen and oxygen atoms in total. The zero-order valence-electron chi connectivity index (χ0n) is 11.2. The van der Waals surface area contributed by atoms with Gasteiger partial charge >= 0.3 is 0 Å². The lowest BCUT2D eigenvalue weighted by atomic mass is 10.1. The van der Waals surface area contributed by atoms with Gasteiger partial charge in [-0.15, -0.1) is 0 Å². The first-order valence-electron chi connectivity index (χ1n) is 6.25. The number of amidine groups is 1. The van der Waals surface area contributed by atoms with E-state index >= 15 is 0 Å². The smallest absolute Gasteiger partial charge is 0.259 e. The number of anilines is 1. The third-order valence-corrected chi connectivity index (χ3v) is 2.87. The molecule has 6 heteroatoms. The highest BCUT2D eigenvalue weighted by molar-refractivity contribution is 6.06. The normalized spacial score (nSPS) is 11.1. The minimum Gasteiger partial charge on any atom is -0.507 e. The largest absolute Gasteiger partial charge is 0.507 e. The van der Waals surface area contributed by atoms with Crippen LogP contribution in [0.1, 0.15) is 15.9 Å². The Bertz CT molecular complexity index is 666. The first-order chi connectivity index (χ1) is 10.1. The number of hydrogen-bond donors (Lipinski definition) is 4. The number of aromatic hydroxyl groups is 1. The Labute approximate surface area is 121 Å². The van der Waals surface area contributed by atoms with Gasteiger partial charge in [-0.25, -0.2) is 0 Å². The molecule has 0 spiro atoms. The molecule has 0 saturated heterocycles. The molecule has 0 aromatic heterocycles. The number of nitrogens with two attached hydrogens (primary N) is 1. The van der Waals surface area contributed by atoms with E-state index in [0.717, 1.165) is 5.56 Å². The number of nitrogens with zero attached hydrogens (tertiary/aromatic N) is 1. The lowest BCUT2D eigenvalue weighted by Crippen LogP contribution is -2.15. The van der Waals surface area contributed by atoms with Gasteiger partial charge in [0, 0.05) is 12.1 Å². The summed E-state index contributed by atoms with van der Waals surface area (Å²) in [6.07, 6.45) is 0.324. The quantitative estimate of drug-likeness (QED) is 0.298. The van der Waals surface area contributed by atoms with E-state index in [-0.39, 0.29) is 17.1 Å². The van der Waals surface area contributed by atoms with E-state index in [4.69, 9.17) is 10.9 Å². The van der Waals surface area contributed by atoms with Gasteiger partial charge in [-0.05, 0) is 29.8 Å². The molecular formula is C15H15N3O3. The van der Waals surface area contributed by atoms with E-state index in [0.29, 0.717) is 12.1 Å². The summed E-state index contributed by atoms with van der Waals surface area (Å²) >= 11 is 0. The molecule has 108 valence electrons. The minimum atomic E-state index is -0.391. The standard InChI is InChI=1S/C15H15N3O3/c16-14(18-21)9-10-5-7-11(8-6-10)17-15(20)12-3-1-2-4-13(12)19/h1-8,19,21H,9H2,(H2,16,18)(H,17,20). The third-order valence-electron chi connectivity index (χ3n) is 2.87. The number of phenolic OH excluding ortho intramolecular Hbond substituents is 1. The maximum atomic E-state index is 12.0. The number of amides is 1. The van der Waals surface area contributed by atoms with Crippen molar-refractivity contribution in [3.8, 4) is 5.75 Å². The molecule has 0 unspecified atom stereocenters. The van der Waals surface area contributed by atoms with E-state index < -0.39 is 5.91 Å². The lowest BCUT2D eigenvalue weighted by molar-refractivity contribution is 0.102. The first kappa shape index (κ1) is 14.4. The highest BCUT2D eigenvalue weighted by Gasteiger charge is 2.10. The monoisotopic (exact) mass is 285 g/mol. The summed E-state index contributed by atoms with van der Waals surface area (Å²) in [5, 5.41) is 23.7. The molecule has 2 aromatic rings. The number of phenols is 1. The molecule has 0 heterocycles. The molecule has 1 amide bonds. The van der Waals surface area contributed by atoms with Crippen molar-refractivity contribution in [1.29, 1.82) is 0 Å². The average Bonchev–Trinajstić information content (AvgIpc) is 2.49. The van der Waals surface area contributed by atoms with Crippen LogP contribution in [0.25, 0.3) is 0 Å². The number of benzene rings is 2. The minimum absolute atomic E-state index is 0.0708. The van der Waals surface area contributed by atoms with Crippen LogP contribution in [0.2, 0.25) is 0 Å². The predicted molar refractivity (Wildman–Crippen MR) is 79.6 cm³/mol. The van der Waals surface area contributed by atoms with Crippen LogP contribution in [-0.2, 0) is 6.42 Å². The summed E-state index contributed by atoms with van der Waals surface area (Å²) in [5.41, 5.74) is 7.07. The van der Waals surface area contributed by atoms with Crippen LogP contribution in [0.4, 0.5) is 5.69 Å². The summed E-state index contributed by atoms with van der Waals surface area (Å²) in [4.78, 5) is 12.0. The Hall–Kier alpha value is -3.02. The Morgan fingerprint density at radius 3 is 2.43 bits per heavy atom. The molecule has 0 atom stereocenters. The van der Waals surface area contributed by atoms with Gasteiger partial charge in [0.1, 0.15) is 11.6 Å². The molecule has 2 rings (SSSR count). The van der Waals surface area contributed by atoms with Gasteiger partial charge in [-0.3, -0.25) is 4.79 Å². The fraction of sp³-hybridized carbons (Fsp3) is 0.0667. The molecule has 0 fully saturated rings. The number of oxime groups is 1. The Morgan fingerprint density at radius 2 is 1.81 bits per heavy atom. The van der Waals surface area contributed by atoms with E-state index in [1.807, 2.05) is 0 Å². The number of carbonyl (C=O) groups excluding carboxylic acids is 1. The molecular weight excluding hydrogens is 270 g/mol. The van der Waals surface area contributed by atoms with Gasteiger partial charge in [0.25, 0.3) is 5.91 Å². The molecule has 21 heavy (non-hydrogen) atoms. The van der Waals surface area contributed by atoms with Crippen molar-refractivity contribution in [3.63, 3.8) is 0 Å². The topological polar surface area (TPSA) is 108 Å². The Morgan fingerprint density at radius 1 is 1.14 bits per heavy atom. The van der Waals surface area contributed by atoms with Crippen molar-refractivity contribution in [3.05, 3.63) is 59.7 Å². The zero-order valence-corrected chi connectivity index (χ0v) is 11.2. The molecule has 5 N–H and O–H groups in total. The molecule has 2 aromatic carbocycles. The van der Waals surface area contributed by atoms with Crippen molar-refractivity contribution in [2.45, 2.75) is 6.42 Å². The van der Waals surface area contributed by atoms with Gasteiger partial charge in [0.15, 0.2) is 0 Å². The van der Waals surface area contributed by atoms with Crippen LogP contribution in [0.3, 0.4) is 0 Å². The number of rotatable bonds is 4. The van der Waals surface area contributed by atoms with E-state index in [9.17, 15) is 9.90 Å². The molecule has 0 radical (unpaired) electrons. The summed E-state index contributed by atoms with van der Waals surface area (Å²) < 4.78 is 0. The highest BCUT2D eigenvalue weighted by atomic mass is 16.4.